The molecule has 1 saturated heterocycles. The highest BCUT2D eigenvalue weighted by Gasteiger charge is 2.49. The van der Waals surface area contributed by atoms with Crippen LogP contribution in [0.15, 0.2) is 29.2 Å². The first-order valence-electron chi connectivity index (χ1n) is 10.4. The third kappa shape index (κ3) is 4.47. The molecule has 0 radical (unpaired) electrons. The lowest BCUT2D eigenvalue weighted by Gasteiger charge is -2.39. The van der Waals surface area contributed by atoms with Crippen molar-refractivity contribution in [1.29, 1.82) is 0 Å². The maximum atomic E-state index is 13.6. The number of nitro groups is 1. The molecule has 0 spiro atoms. The van der Waals surface area contributed by atoms with E-state index in [0.717, 1.165) is 51.2 Å². The highest BCUT2D eigenvalue weighted by molar-refractivity contribution is 7.89. The van der Waals surface area contributed by atoms with Crippen molar-refractivity contribution < 1.29 is 18.1 Å². The molecule has 1 heterocycles. The Morgan fingerprint density at radius 1 is 1.21 bits per heavy atom. The molecule has 1 aromatic carbocycles. The van der Waals surface area contributed by atoms with E-state index < -0.39 is 20.5 Å². The van der Waals surface area contributed by atoms with Crippen LogP contribution in [0.3, 0.4) is 0 Å². The van der Waals surface area contributed by atoms with E-state index in [1.807, 2.05) is 0 Å². The minimum absolute atomic E-state index is 0.164. The van der Waals surface area contributed by atoms with E-state index in [0.29, 0.717) is 0 Å². The second-order valence-electron chi connectivity index (χ2n) is 8.64. The van der Waals surface area contributed by atoms with Gasteiger partial charge in [-0.1, -0.05) is 12.1 Å². The molecule has 0 amide bonds. The Morgan fingerprint density at radius 2 is 1.86 bits per heavy atom. The van der Waals surface area contributed by atoms with Crippen molar-refractivity contribution in [3.63, 3.8) is 0 Å². The van der Waals surface area contributed by atoms with Gasteiger partial charge in [0.15, 0.2) is 4.90 Å². The first-order chi connectivity index (χ1) is 13.8. The van der Waals surface area contributed by atoms with E-state index in [1.54, 1.807) is 13.2 Å². The summed E-state index contributed by atoms with van der Waals surface area (Å²) >= 11 is 0. The van der Waals surface area contributed by atoms with Crippen LogP contribution in [0, 0.1) is 16.0 Å². The zero-order valence-electron chi connectivity index (χ0n) is 16.8. The fourth-order valence-electron chi connectivity index (χ4n) is 4.27. The molecule has 0 unspecified atom stereocenters. The molecule has 2 saturated carbocycles. The monoisotopic (exact) mass is 423 g/mol. The first-order valence-corrected chi connectivity index (χ1v) is 11.8. The molecule has 3 fully saturated rings. The molecule has 0 aromatic heterocycles. The number of ether oxygens (including phenoxy) is 1. The molecule has 0 bridgehead atoms. The van der Waals surface area contributed by atoms with E-state index in [1.165, 1.54) is 35.3 Å². The number of rotatable bonds is 9. The molecule has 3 aliphatic rings. The van der Waals surface area contributed by atoms with Crippen LogP contribution in [0.2, 0.25) is 0 Å². The number of hydrogen-bond acceptors (Lipinski definition) is 6. The molecular formula is C20H29N3O5S. The van der Waals surface area contributed by atoms with E-state index in [9.17, 15) is 18.5 Å². The van der Waals surface area contributed by atoms with Gasteiger partial charge in [-0.25, -0.2) is 8.42 Å². The Labute approximate surface area is 172 Å². The summed E-state index contributed by atoms with van der Waals surface area (Å²) < 4.78 is 34.3. The zero-order chi connectivity index (χ0) is 20.6. The molecule has 0 N–H and O–H groups in total. The van der Waals surface area contributed by atoms with Gasteiger partial charge in [-0.15, -0.1) is 0 Å². The van der Waals surface area contributed by atoms with Crippen molar-refractivity contribution in [2.45, 2.75) is 55.1 Å². The van der Waals surface area contributed by atoms with Crippen molar-refractivity contribution in [2.24, 2.45) is 5.92 Å². The fraction of sp³-hybridized carbons (Fsp3) is 0.700. The Bertz CT molecular complexity index is 859. The second-order valence-corrected chi connectivity index (χ2v) is 10.5. The normalized spacial score (nSPS) is 22.7. The van der Waals surface area contributed by atoms with Gasteiger partial charge in [-0.05, 0) is 63.6 Å². The average molecular weight is 424 g/mol. The van der Waals surface area contributed by atoms with Gasteiger partial charge in [-0.3, -0.25) is 10.1 Å². The number of likely N-dealkylation sites (tertiary alicyclic amines) is 1. The van der Waals surface area contributed by atoms with Gasteiger partial charge in [0.1, 0.15) is 0 Å². The summed E-state index contributed by atoms with van der Waals surface area (Å²) in [6, 6.07) is 5.47. The predicted octanol–water partition coefficient (Wildman–Crippen LogP) is 2.64. The summed E-state index contributed by atoms with van der Waals surface area (Å²) in [7, 11) is -2.40. The molecule has 2 aliphatic carbocycles. The molecule has 29 heavy (non-hydrogen) atoms. The Morgan fingerprint density at radius 3 is 2.41 bits per heavy atom. The van der Waals surface area contributed by atoms with Crippen LogP contribution >= 0.6 is 0 Å². The molecule has 9 heteroatoms. The second kappa shape index (κ2) is 7.94. The number of nitrogens with zero attached hydrogens (tertiary/aromatic N) is 3. The van der Waals surface area contributed by atoms with Crippen LogP contribution in [0.4, 0.5) is 5.69 Å². The molecule has 1 aliphatic heterocycles. The highest BCUT2D eigenvalue weighted by atomic mass is 32.2. The molecular weight excluding hydrogens is 394 g/mol. The summed E-state index contributed by atoms with van der Waals surface area (Å²) in [6.07, 6.45) is 5.71. The third-order valence-corrected chi connectivity index (χ3v) is 8.46. The van der Waals surface area contributed by atoms with Crippen molar-refractivity contribution in [3.8, 4) is 0 Å². The van der Waals surface area contributed by atoms with Crippen LogP contribution in [0.5, 0.6) is 0 Å². The largest absolute Gasteiger partial charge is 0.377 e. The van der Waals surface area contributed by atoms with Crippen LogP contribution in [-0.4, -0.2) is 67.5 Å². The number of piperidine rings is 1. The predicted molar refractivity (Wildman–Crippen MR) is 108 cm³/mol. The topological polar surface area (TPSA) is 93.0 Å². The first kappa shape index (κ1) is 20.7. The van der Waals surface area contributed by atoms with Crippen LogP contribution < -0.4 is 0 Å². The number of nitro benzene ring substituents is 1. The number of hydrogen-bond donors (Lipinski definition) is 0. The number of methoxy groups -OCH3 is 1. The lowest BCUT2D eigenvalue weighted by Crippen LogP contribution is -2.50. The molecule has 1 aromatic rings. The van der Waals surface area contributed by atoms with Crippen LogP contribution in [-0.2, 0) is 14.8 Å². The van der Waals surface area contributed by atoms with Crippen molar-refractivity contribution in [1.82, 2.24) is 9.21 Å². The molecule has 4 rings (SSSR count). The van der Waals surface area contributed by atoms with Gasteiger partial charge in [0, 0.05) is 32.3 Å². The summed E-state index contributed by atoms with van der Waals surface area (Å²) in [5.41, 5.74) is -0.826. The molecule has 160 valence electrons. The minimum atomic E-state index is -4.01. The zero-order valence-corrected chi connectivity index (χ0v) is 17.6. The summed E-state index contributed by atoms with van der Waals surface area (Å²) in [5.74, 6) is 0.807. The lowest BCUT2D eigenvalue weighted by molar-refractivity contribution is -0.387. The number of benzene rings is 1. The van der Waals surface area contributed by atoms with E-state index >= 15 is 0 Å². The maximum Gasteiger partial charge on any atom is 0.289 e. The van der Waals surface area contributed by atoms with Crippen molar-refractivity contribution in [3.05, 3.63) is 34.4 Å². The number of sulfonamides is 1. The van der Waals surface area contributed by atoms with E-state index in [-0.39, 0.29) is 23.2 Å². The van der Waals surface area contributed by atoms with Crippen molar-refractivity contribution in [2.75, 3.05) is 33.3 Å². The highest BCUT2D eigenvalue weighted by Crippen LogP contribution is 2.42. The summed E-state index contributed by atoms with van der Waals surface area (Å²) in [5, 5.41) is 11.5. The smallest absolute Gasteiger partial charge is 0.289 e. The van der Waals surface area contributed by atoms with E-state index in [4.69, 9.17) is 4.74 Å². The quantitative estimate of drug-likeness (QED) is 0.448. The van der Waals surface area contributed by atoms with Gasteiger partial charge in [-0.2, -0.15) is 4.31 Å². The van der Waals surface area contributed by atoms with Crippen LogP contribution in [0.25, 0.3) is 0 Å². The fourth-order valence-corrected chi connectivity index (χ4v) is 6.19. The standard InChI is InChI=1S/C20H29N3O5S/c1-28-20(10-11-20)15-22(17-8-12-21(13-9-17)14-16-6-7-16)29(26,27)19-5-3-2-4-18(19)23(24)25/h2-5,16-17H,6-15H2,1H3. The van der Waals surface area contributed by atoms with Crippen LogP contribution in [0.1, 0.15) is 38.5 Å². The van der Waals surface area contributed by atoms with Gasteiger partial charge >= 0.3 is 0 Å². The average Bonchev–Trinajstić information content (AvgIpc) is 3.64. The van der Waals surface area contributed by atoms with Gasteiger partial charge in [0.05, 0.1) is 10.5 Å². The minimum Gasteiger partial charge on any atom is -0.377 e. The van der Waals surface area contributed by atoms with Gasteiger partial charge < -0.3 is 9.64 Å². The maximum absolute atomic E-state index is 13.6. The van der Waals surface area contributed by atoms with Crippen molar-refractivity contribution >= 4 is 15.7 Å². The molecule has 8 nitrogen and oxygen atoms in total. The lowest BCUT2D eigenvalue weighted by atomic mass is 10.0. The Kier molecular flexibility index (Phi) is 5.67. The summed E-state index contributed by atoms with van der Waals surface area (Å²) in [6.45, 7) is 3.09. The number of para-hydroxylation sites is 1. The Balaban J connectivity index is 1.59. The van der Waals surface area contributed by atoms with Gasteiger partial charge in [0.25, 0.3) is 5.69 Å². The molecule has 0 atom stereocenters. The SMILES string of the molecule is COC1(CN(C2CCN(CC3CC3)CC2)S(=O)(=O)c2ccccc2[N+](=O)[O-])CC1. The summed E-state index contributed by atoms with van der Waals surface area (Å²) in [4.78, 5) is 13.0. The Hall–Kier alpha value is -1.55. The van der Waals surface area contributed by atoms with Gasteiger partial charge in [0.2, 0.25) is 10.0 Å². The van der Waals surface area contributed by atoms with E-state index in [2.05, 4.69) is 4.90 Å². The third-order valence-electron chi connectivity index (χ3n) is 6.51.